The highest BCUT2D eigenvalue weighted by atomic mass is 19.1. The highest BCUT2D eigenvalue weighted by Gasteiger charge is 2.06. The molecule has 0 aliphatic rings. The molecule has 4 nitrogen and oxygen atoms in total. The minimum atomic E-state index is -0.630. The molecule has 0 amide bonds. The lowest BCUT2D eigenvalue weighted by Crippen LogP contribution is -2.22. The molecule has 90 valence electrons. The number of aromatic nitrogens is 2. The monoisotopic (exact) mass is 236 g/mol. The second-order valence-electron chi connectivity index (χ2n) is 3.68. The highest BCUT2D eigenvalue weighted by molar-refractivity contribution is 5.22. The third-order valence-electron chi connectivity index (χ3n) is 2.24. The van der Waals surface area contributed by atoms with Gasteiger partial charge in [0.2, 0.25) is 0 Å². The minimum Gasteiger partial charge on any atom is -0.491 e. The molecule has 0 saturated heterocycles. The Hall–Kier alpha value is -1.88. The molecule has 2 aromatic rings. The van der Waals surface area contributed by atoms with Gasteiger partial charge in [0.15, 0.2) is 0 Å². The Morgan fingerprint density at radius 3 is 2.76 bits per heavy atom. The zero-order valence-corrected chi connectivity index (χ0v) is 9.16. The first-order valence-electron chi connectivity index (χ1n) is 5.26. The molecule has 1 heterocycles. The first-order chi connectivity index (χ1) is 8.24. The van der Waals surface area contributed by atoms with Gasteiger partial charge in [-0.3, -0.25) is 0 Å². The van der Waals surface area contributed by atoms with Crippen molar-refractivity contribution < 1.29 is 14.2 Å². The van der Waals surface area contributed by atoms with Gasteiger partial charge in [-0.1, -0.05) is 0 Å². The molecule has 0 bridgehead atoms. The van der Waals surface area contributed by atoms with Crippen molar-refractivity contribution >= 4 is 0 Å². The van der Waals surface area contributed by atoms with E-state index >= 15 is 0 Å². The fourth-order valence-corrected chi connectivity index (χ4v) is 1.41. The predicted octanol–water partition coefficient (Wildman–Crippen LogP) is 1.46. The molecule has 2 rings (SSSR count). The standard InChI is InChI=1S/C12H13FN2O2/c13-10-1-3-12(4-2-10)17-8-11(16)7-15-6-5-14-9-15/h1-6,9,11,16H,7-8H2. The first-order valence-corrected chi connectivity index (χ1v) is 5.26. The number of hydrogen-bond acceptors (Lipinski definition) is 3. The highest BCUT2D eigenvalue weighted by Crippen LogP contribution is 2.11. The summed E-state index contributed by atoms with van der Waals surface area (Å²) in [7, 11) is 0. The van der Waals surface area contributed by atoms with Gasteiger partial charge in [0.1, 0.15) is 24.3 Å². The van der Waals surface area contributed by atoms with Gasteiger partial charge in [-0.25, -0.2) is 9.37 Å². The Morgan fingerprint density at radius 1 is 1.35 bits per heavy atom. The largest absolute Gasteiger partial charge is 0.491 e. The number of imidazole rings is 1. The molecule has 1 aromatic heterocycles. The quantitative estimate of drug-likeness (QED) is 0.855. The molecule has 0 aliphatic carbocycles. The summed E-state index contributed by atoms with van der Waals surface area (Å²) in [5.41, 5.74) is 0. The van der Waals surface area contributed by atoms with E-state index in [0.717, 1.165) is 0 Å². The SMILES string of the molecule is OC(COc1ccc(F)cc1)Cn1ccnc1. The third kappa shape index (κ3) is 3.57. The second-order valence-corrected chi connectivity index (χ2v) is 3.68. The molecule has 0 fully saturated rings. The van der Waals surface area contributed by atoms with Crippen molar-refractivity contribution in [2.75, 3.05) is 6.61 Å². The zero-order valence-electron chi connectivity index (χ0n) is 9.16. The molecule has 1 N–H and O–H groups in total. The molecule has 1 unspecified atom stereocenters. The molecule has 17 heavy (non-hydrogen) atoms. The Morgan fingerprint density at radius 2 is 2.12 bits per heavy atom. The maximum atomic E-state index is 12.6. The fraction of sp³-hybridized carbons (Fsp3) is 0.250. The van der Waals surface area contributed by atoms with Gasteiger partial charge >= 0.3 is 0 Å². The Kier molecular flexibility index (Phi) is 3.72. The molecular weight excluding hydrogens is 223 g/mol. The van der Waals surface area contributed by atoms with E-state index in [4.69, 9.17) is 4.74 Å². The Bertz CT molecular complexity index is 442. The van der Waals surface area contributed by atoms with Gasteiger partial charge in [-0.05, 0) is 24.3 Å². The van der Waals surface area contributed by atoms with Crippen LogP contribution in [0.4, 0.5) is 4.39 Å². The number of rotatable bonds is 5. The van der Waals surface area contributed by atoms with Gasteiger partial charge in [0.25, 0.3) is 0 Å². The summed E-state index contributed by atoms with van der Waals surface area (Å²) in [6.07, 6.45) is 4.41. The summed E-state index contributed by atoms with van der Waals surface area (Å²) in [4.78, 5) is 3.87. The molecule has 5 heteroatoms. The van der Waals surface area contributed by atoms with Crippen LogP contribution in [0.1, 0.15) is 0 Å². The van der Waals surface area contributed by atoms with E-state index < -0.39 is 6.10 Å². The van der Waals surface area contributed by atoms with E-state index in [1.165, 1.54) is 24.3 Å². The lowest BCUT2D eigenvalue weighted by molar-refractivity contribution is 0.0924. The van der Waals surface area contributed by atoms with Crippen molar-refractivity contribution in [1.29, 1.82) is 0 Å². The molecule has 0 aliphatic heterocycles. The van der Waals surface area contributed by atoms with Crippen LogP contribution in [0, 0.1) is 5.82 Å². The van der Waals surface area contributed by atoms with E-state index in [1.807, 2.05) is 0 Å². The van der Waals surface area contributed by atoms with E-state index in [1.54, 1.807) is 23.3 Å². The van der Waals surface area contributed by atoms with Crippen molar-refractivity contribution in [3.05, 3.63) is 48.8 Å². The Balaban J connectivity index is 1.79. The first kappa shape index (κ1) is 11.6. The molecule has 0 spiro atoms. The van der Waals surface area contributed by atoms with Crippen LogP contribution in [0.2, 0.25) is 0 Å². The van der Waals surface area contributed by atoms with Crippen LogP contribution < -0.4 is 4.74 Å². The summed E-state index contributed by atoms with van der Waals surface area (Å²) >= 11 is 0. The van der Waals surface area contributed by atoms with Gasteiger partial charge < -0.3 is 14.4 Å². The van der Waals surface area contributed by atoms with Crippen LogP contribution in [0.15, 0.2) is 43.0 Å². The van der Waals surface area contributed by atoms with Crippen LogP contribution in [-0.4, -0.2) is 27.4 Å². The third-order valence-corrected chi connectivity index (χ3v) is 2.24. The Labute approximate surface area is 98.3 Å². The topological polar surface area (TPSA) is 47.3 Å². The van der Waals surface area contributed by atoms with Crippen LogP contribution in [0.3, 0.4) is 0 Å². The minimum absolute atomic E-state index is 0.157. The van der Waals surface area contributed by atoms with Gasteiger partial charge in [-0.15, -0.1) is 0 Å². The van der Waals surface area contributed by atoms with Gasteiger partial charge in [0, 0.05) is 12.4 Å². The van der Waals surface area contributed by atoms with Crippen molar-refractivity contribution in [2.45, 2.75) is 12.6 Å². The van der Waals surface area contributed by atoms with Gasteiger partial charge in [-0.2, -0.15) is 0 Å². The van der Waals surface area contributed by atoms with E-state index in [-0.39, 0.29) is 12.4 Å². The second kappa shape index (κ2) is 5.45. The molecule has 0 saturated carbocycles. The van der Waals surface area contributed by atoms with Crippen LogP contribution in [0.5, 0.6) is 5.75 Å². The summed E-state index contributed by atoms with van der Waals surface area (Å²) < 4.78 is 19.7. The average Bonchev–Trinajstić information content (AvgIpc) is 2.81. The summed E-state index contributed by atoms with van der Waals surface area (Å²) in [5.74, 6) is 0.229. The molecule has 1 aromatic carbocycles. The number of hydrogen-bond donors (Lipinski definition) is 1. The van der Waals surface area contributed by atoms with E-state index in [2.05, 4.69) is 4.98 Å². The molecule has 0 radical (unpaired) electrons. The molecule has 1 atom stereocenters. The normalized spacial score (nSPS) is 12.4. The number of nitrogens with zero attached hydrogens (tertiary/aromatic N) is 2. The summed E-state index contributed by atoms with van der Waals surface area (Å²) in [6.45, 7) is 0.574. The smallest absolute Gasteiger partial charge is 0.123 e. The summed E-state index contributed by atoms with van der Waals surface area (Å²) in [5, 5.41) is 9.69. The van der Waals surface area contributed by atoms with Crippen molar-refractivity contribution in [3.8, 4) is 5.75 Å². The lowest BCUT2D eigenvalue weighted by Gasteiger charge is -2.12. The number of aliphatic hydroxyl groups excluding tert-OH is 1. The molecular formula is C12H13FN2O2. The van der Waals surface area contributed by atoms with Crippen LogP contribution in [-0.2, 0) is 6.54 Å². The van der Waals surface area contributed by atoms with Crippen molar-refractivity contribution in [1.82, 2.24) is 9.55 Å². The van der Waals surface area contributed by atoms with Crippen LogP contribution in [0.25, 0.3) is 0 Å². The zero-order chi connectivity index (χ0) is 12.1. The van der Waals surface area contributed by atoms with E-state index in [9.17, 15) is 9.50 Å². The van der Waals surface area contributed by atoms with E-state index in [0.29, 0.717) is 12.3 Å². The van der Waals surface area contributed by atoms with Crippen molar-refractivity contribution in [2.24, 2.45) is 0 Å². The maximum Gasteiger partial charge on any atom is 0.123 e. The van der Waals surface area contributed by atoms with Crippen LogP contribution >= 0.6 is 0 Å². The number of benzene rings is 1. The summed E-state index contributed by atoms with van der Waals surface area (Å²) in [6, 6.07) is 5.69. The number of ether oxygens (including phenoxy) is 1. The van der Waals surface area contributed by atoms with Gasteiger partial charge in [0.05, 0.1) is 12.9 Å². The fourth-order valence-electron chi connectivity index (χ4n) is 1.41. The van der Waals surface area contributed by atoms with Crippen molar-refractivity contribution in [3.63, 3.8) is 0 Å². The number of aliphatic hydroxyl groups is 1. The number of halogens is 1. The predicted molar refractivity (Wildman–Crippen MR) is 60.1 cm³/mol. The lowest BCUT2D eigenvalue weighted by atomic mass is 10.3. The maximum absolute atomic E-state index is 12.6. The average molecular weight is 236 g/mol.